The molecule has 1 aliphatic rings. The molecule has 2 aromatic carbocycles. The second-order valence-corrected chi connectivity index (χ2v) is 7.17. The highest BCUT2D eigenvalue weighted by molar-refractivity contribution is 8.26. The third kappa shape index (κ3) is 4.98. The highest BCUT2D eigenvalue weighted by Crippen LogP contribution is 2.26. The number of thioether (sulfide) groups is 1. The van der Waals surface area contributed by atoms with Crippen LogP contribution in [-0.4, -0.2) is 23.4 Å². The number of halogens is 1. The normalized spacial score (nSPS) is 15.3. The average Bonchev–Trinajstić information content (AvgIpc) is 2.92. The molecule has 25 heavy (non-hydrogen) atoms. The summed E-state index contributed by atoms with van der Waals surface area (Å²) in [4.78, 5) is 12.2. The number of rotatable bonds is 6. The second-order valence-electron chi connectivity index (χ2n) is 5.05. The van der Waals surface area contributed by atoms with Gasteiger partial charge in [-0.15, -0.1) is 0 Å². The summed E-state index contributed by atoms with van der Waals surface area (Å²) in [6, 6.07) is 14.8. The van der Waals surface area contributed by atoms with Crippen LogP contribution in [0.1, 0.15) is 5.56 Å². The maximum Gasteiger partial charge on any atom is 0.263 e. The molecule has 0 saturated carbocycles. The third-order valence-corrected chi connectivity index (χ3v) is 4.74. The van der Waals surface area contributed by atoms with E-state index in [9.17, 15) is 4.79 Å². The van der Waals surface area contributed by atoms with E-state index in [1.165, 1.54) is 11.8 Å². The third-order valence-electron chi connectivity index (χ3n) is 3.27. The van der Waals surface area contributed by atoms with E-state index in [4.69, 9.17) is 33.3 Å². The van der Waals surface area contributed by atoms with Gasteiger partial charge in [0.15, 0.2) is 0 Å². The van der Waals surface area contributed by atoms with Crippen LogP contribution in [0.3, 0.4) is 0 Å². The largest absolute Gasteiger partial charge is 0.490 e. The zero-order valence-corrected chi connectivity index (χ0v) is 15.4. The lowest BCUT2D eigenvalue weighted by Crippen LogP contribution is -2.17. The summed E-state index contributed by atoms with van der Waals surface area (Å²) in [7, 11) is 0. The van der Waals surface area contributed by atoms with Gasteiger partial charge in [-0.05, 0) is 35.9 Å². The second kappa shape index (κ2) is 8.38. The zero-order valence-electron chi connectivity index (χ0n) is 13.0. The van der Waals surface area contributed by atoms with Gasteiger partial charge in [0.05, 0.1) is 9.93 Å². The molecule has 128 valence electrons. The molecule has 7 heteroatoms. The Bertz CT molecular complexity index is 821. The zero-order chi connectivity index (χ0) is 17.6. The summed E-state index contributed by atoms with van der Waals surface area (Å²) in [6.07, 6.45) is 1.80. The molecular formula is C18H14ClNO3S2. The molecule has 1 heterocycles. The minimum atomic E-state index is -0.160. The molecule has 1 saturated heterocycles. The molecule has 0 radical (unpaired) electrons. The maximum absolute atomic E-state index is 11.6. The van der Waals surface area contributed by atoms with Crippen molar-refractivity contribution in [3.8, 4) is 11.5 Å². The minimum Gasteiger partial charge on any atom is -0.490 e. The highest BCUT2D eigenvalue weighted by atomic mass is 35.5. The Labute approximate surface area is 160 Å². The average molecular weight is 392 g/mol. The standard InChI is InChI=1S/C18H14ClNO3S2/c19-14-3-1-2-4-15(14)23-10-9-22-13-7-5-12(6-8-13)11-16-17(21)20-18(24)25-16/h1-8,11H,9-10H2,(H,20,21,24)/b16-11-. The lowest BCUT2D eigenvalue weighted by atomic mass is 10.2. The van der Waals surface area contributed by atoms with Gasteiger partial charge in [-0.1, -0.05) is 59.8 Å². The van der Waals surface area contributed by atoms with Gasteiger partial charge in [0, 0.05) is 0 Å². The topological polar surface area (TPSA) is 47.6 Å². The molecule has 1 fully saturated rings. The van der Waals surface area contributed by atoms with Crippen LogP contribution in [0.5, 0.6) is 11.5 Å². The van der Waals surface area contributed by atoms with Gasteiger partial charge in [-0.25, -0.2) is 0 Å². The van der Waals surface area contributed by atoms with E-state index < -0.39 is 0 Å². The predicted molar refractivity (Wildman–Crippen MR) is 105 cm³/mol. The Morgan fingerprint density at radius 1 is 1.08 bits per heavy atom. The Kier molecular flexibility index (Phi) is 5.96. The van der Waals surface area contributed by atoms with E-state index in [-0.39, 0.29) is 5.91 Å². The van der Waals surface area contributed by atoms with E-state index >= 15 is 0 Å². The lowest BCUT2D eigenvalue weighted by molar-refractivity contribution is -0.115. The molecular weight excluding hydrogens is 378 g/mol. The number of nitrogens with one attached hydrogen (secondary N) is 1. The number of para-hydroxylation sites is 1. The molecule has 1 amide bonds. The van der Waals surface area contributed by atoms with Crippen LogP contribution in [0.15, 0.2) is 53.4 Å². The van der Waals surface area contributed by atoms with Crippen molar-refractivity contribution in [2.75, 3.05) is 13.2 Å². The number of amides is 1. The number of ether oxygens (including phenoxy) is 2. The highest BCUT2D eigenvalue weighted by Gasteiger charge is 2.21. The molecule has 0 atom stereocenters. The quantitative estimate of drug-likeness (QED) is 0.452. The fraction of sp³-hybridized carbons (Fsp3) is 0.111. The van der Waals surface area contributed by atoms with Crippen molar-refractivity contribution in [1.82, 2.24) is 5.32 Å². The van der Waals surface area contributed by atoms with Crippen molar-refractivity contribution in [2.45, 2.75) is 0 Å². The fourth-order valence-corrected chi connectivity index (χ4v) is 3.34. The SMILES string of the molecule is O=C1NC(=S)S/C1=C\c1ccc(OCCOc2ccccc2Cl)cc1. The Morgan fingerprint density at radius 2 is 1.80 bits per heavy atom. The number of thiocarbonyl (C=S) groups is 1. The van der Waals surface area contributed by atoms with Crippen molar-refractivity contribution in [3.63, 3.8) is 0 Å². The molecule has 1 aliphatic heterocycles. The first-order chi connectivity index (χ1) is 12.1. The number of hydrogen-bond donors (Lipinski definition) is 1. The van der Waals surface area contributed by atoms with Crippen LogP contribution in [0.4, 0.5) is 0 Å². The molecule has 0 bridgehead atoms. The van der Waals surface area contributed by atoms with Gasteiger partial charge in [0.25, 0.3) is 5.91 Å². The molecule has 0 spiro atoms. The van der Waals surface area contributed by atoms with Crippen molar-refractivity contribution in [2.24, 2.45) is 0 Å². The van der Waals surface area contributed by atoms with Crippen molar-refractivity contribution in [3.05, 3.63) is 64.0 Å². The number of carbonyl (C=O) groups excluding carboxylic acids is 1. The molecule has 1 N–H and O–H groups in total. The van der Waals surface area contributed by atoms with Crippen LogP contribution in [0, 0.1) is 0 Å². The monoisotopic (exact) mass is 391 g/mol. The van der Waals surface area contributed by atoms with Crippen LogP contribution in [-0.2, 0) is 4.79 Å². The predicted octanol–water partition coefficient (Wildman–Crippen LogP) is 4.29. The van der Waals surface area contributed by atoms with Crippen molar-refractivity contribution < 1.29 is 14.3 Å². The van der Waals surface area contributed by atoms with Gasteiger partial charge < -0.3 is 14.8 Å². The first-order valence-corrected chi connectivity index (χ1v) is 9.07. The van der Waals surface area contributed by atoms with Gasteiger partial charge in [-0.2, -0.15) is 0 Å². The number of hydrogen-bond acceptors (Lipinski definition) is 5. The van der Waals surface area contributed by atoms with E-state index in [1.54, 1.807) is 12.1 Å². The maximum atomic E-state index is 11.6. The van der Waals surface area contributed by atoms with Gasteiger partial charge in [0.1, 0.15) is 29.0 Å². The van der Waals surface area contributed by atoms with Crippen molar-refractivity contribution in [1.29, 1.82) is 0 Å². The first kappa shape index (κ1) is 17.8. The summed E-state index contributed by atoms with van der Waals surface area (Å²) in [5.74, 6) is 1.20. The van der Waals surface area contributed by atoms with Gasteiger partial charge in [0.2, 0.25) is 0 Å². The van der Waals surface area contributed by atoms with E-state index in [1.807, 2.05) is 42.5 Å². The van der Waals surface area contributed by atoms with Crippen LogP contribution in [0.25, 0.3) is 6.08 Å². The first-order valence-electron chi connectivity index (χ1n) is 7.47. The summed E-state index contributed by atoms with van der Waals surface area (Å²) >= 11 is 12.2. The molecule has 0 aromatic heterocycles. The fourth-order valence-electron chi connectivity index (χ4n) is 2.11. The van der Waals surface area contributed by atoms with Gasteiger partial charge >= 0.3 is 0 Å². The Hall–Kier alpha value is -2.02. The molecule has 0 aliphatic carbocycles. The lowest BCUT2D eigenvalue weighted by Gasteiger charge is -2.09. The summed E-state index contributed by atoms with van der Waals surface area (Å²) in [5.41, 5.74) is 0.905. The van der Waals surface area contributed by atoms with Crippen molar-refractivity contribution >= 4 is 51.9 Å². The van der Waals surface area contributed by atoms with Crippen LogP contribution < -0.4 is 14.8 Å². The number of carbonyl (C=O) groups is 1. The van der Waals surface area contributed by atoms with Gasteiger partial charge in [-0.3, -0.25) is 4.79 Å². The van der Waals surface area contributed by atoms with E-state index in [0.29, 0.717) is 33.2 Å². The molecule has 0 unspecified atom stereocenters. The van der Waals surface area contributed by atoms with Crippen LogP contribution in [0.2, 0.25) is 5.02 Å². The Morgan fingerprint density at radius 3 is 2.48 bits per heavy atom. The summed E-state index contributed by atoms with van der Waals surface area (Å²) in [5, 5.41) is 3.17. The minimum absolute atomic E-state index is 0.160. The summed E-state index contributed by atoms with van der Waals surface area (Å²) < 4.78 is 11.7. The Balaban J connectivity index is 1.50. The summed E-state index contributed by atoms with van der Waals surface area (Å²) in [6.45, 7) is 0.794. The molecule has 3 rings (SSSR count). The van der Waals surface area contributed by atoms with E-state index in [0.717, 1.165) is 11.3 Å². The molecule has 4 nitrogen and oxygen atoms in total. The molecule has 2 aromatic rings. The smallest absolute Gasteiger partial charge is 0.263 e. The van der Waals surface area contributed by atoms with E-state index in [2.05, 4.69) is 5.32 Å². The number of benzene rings is 2. The van der Waals surface area contributed by atoms with Crippen LogP contribution >= 0.6 is 35.6 Å².